The summed E-state index contributed by atoms with van der Waals surface area (Å²) >= 11 is 0. The molecule has 0 heterocycles. The molecule has 0 aromatic heterocycles. The van der Waals surface area contributed by atoms with Crippen LogP contribution in [-0.2, 0) is 20.2 Å². The molecule has 8 nitrogen and oxygen atoms in total. The van der Waals surface area contributed by atoms with Gasteiger partial charge in [0.25, 0.3) is 15.7 Å². The molecule has 1 N–H and O–H groups in total. The normalized spacial score (nSPS) is 12.6. The Morgan fingerprint density at radius 1 is 0.971 bits per heavy atom. The summed E-state index contributed by atoms with van der Waals surface area (Å²) < 4.78 is 27.7. The average molecular weight is 496 g/mol. The molecule has 0 bridgehead atoms. The molecule has 0 spiro atoms. The molecule has 0 unspecified atom stereocenters. The summed E-state index contributed by atoms with van der Waals surface area (Å²) in [6.45, 7) is 7.69. The summed E-state index contributed by atoms with van der Waals surface area (Å²) in [4.78, 5) is 23.4. The molecule has 0 aliphatic carbocycles. The van der Waals surface area contributed by atoms with Crippen LogP contribution >= 0.6 is 0 Å². The second-order valence-electron chi connectivity index (χ2n) is 9.26. The van der Waals surface area contributed by atoms with Crippen molar-refractivity contribution in [2.75, 3.05) is 10.8 Å². The highest BCUT2D eigenvalue weighted by molar-refractivity contribution is 7.92. The number of nitrogens with one attached hydrogen (secondary N) is 1. The van der Waals surface area contributed by atoms with E-state index in [0.717, 1.165) is 15.4 Å². The predicted octanol–water partition coefficient (Wildman–Crippen LogP) is 4.97. The maximum absolute atomic E-state index is 13.4. The lowest BCUT2D eigenvalue weighted by Crippen LogP contribution is -2.41. The number of non-ortho nitro benzene ring substituents is 1. The predicted molar refractivity (Wildman–Crippen MR) is 136 cm³/mol. The molecule has 1 amide bonds. The van der Waals surface area contributed by atoms with E-state index in [4.69, 9.17) is 0 Å². The fourth-order valence-electron chi connectivity index (χ4n) is 3.55. The van der Waals surface area contributed by atoms with Crippen LogP contribution in [0.5, 0.6) is 0 Å². The zero-order valence-electron chi connectivity index (χ0n) is 20.1. The van der Waals surface area contributed by atoms with Crippen LogP contribution in [-0.4, -0.2) is 25.8 Å². The van der Waals surface area contributed by atoms with Gasteiger partial charge < -0.3 is 5.32 Å². The van der Waals surface area contributed by atoms with Crippen molar-refractivity contribution in [3.05, 3.63) is 100 Å². The first-order valence-electron chi connectivity index (χ1n) is 11.1. The summed E-state index contributed by atoms with van der Waals surface area (Å²) in [5.41, 5.74) is 2.03. The van der Waals surface area contributed by atoms with Gasteiger partial charge in [0.2, 0.25) is 5.91 Å². The quantitative estimate of drug-likeness (QED) is 0.351. The van der Waals surface area contributed by atoms with Gasteiger partial charge in [-0.2, -0.15) is 0 Å². The lowest BCUT2D eigenvalue weighted by Gasteiger charge is -2.25. The minimum Gasteiger partial charge on any atom is -0.348 e. The second kappa shape index (κ2) is 10.3. The van der Waals surface area contributed by atoms with Gasteiger partial charge in [0.15, 0.2) is 0 Å². The molecule has 1 atom stereocenters. The number of hydrogen-bond donors (Lipinski definition) is 1. The van der Waals surface area contributed by atoms with E-state index in [2.05, 4.69) is 26.1 Å². The Morgan fingerprint density at radius 3 is 2.06 bits per heavy atom. The lowest BCUT2D eigenvalue weighted by atomic mass is 9.86. The molecule has 0 aliphatic rings. The van der Waals surface area contributed by atoms with Crippen LogP contribution in [0.3, 0.4) is 0 Å². The molecule has 0 aliphatic heterocycles. The van der Waals surface area contributed by atoms with Crippen molar-refractivity contribution in [3.63, 3.8) is 0 Å². The van der Waals surface area contributed by atoms with Crippen LogP contribution in [0.2, 0.25) is 0 Å². The number of amides is 1. The smallest absolute Gasteiger partial charge is 0.269 e. The number of nitrogens with zero attached hydrogens (tertiary/aromatic N) is 2. The summed E-state index contributed by atoms with van der Waals surface area (Å²) in [7, 11) is -4.10. The molecule has 9 heteroatoms. The number of anilines is 1. The van der Waals surface area contributed by atoms with E-state index in [1.165, 1.54) is 36.4 Å². The van der Waals surface area contributed by atoms with Crippen LogP contribution in [0.15, 0.2) is 83.8 Å². The van der Waals surface area contributed by atoms with Crippen LogP contribution in [0, 0.1) is 10.1 Å². The number of hydrogen-bond acceptors (Lipinski definition) is 5. The summed E-state index contributed by atoms with van der Waals surface area (Å²) in [5, 5.41) is 13.9. The van der Waals surface area contributed by atoms with E-state index in [1.807, 2.05) is 31.2 Å². The fourth-order valence-corrected chi connectivity index (χ4v) is 4.99. The maximum Gasteiger partial charge on any atom is 0.269 e. The summed E-state index contributed by atoms with van der Waals surface area (Å²) in [6.07, 6.45) is 0. The third-order valence-electron chi connectivity index (χ3n) is 5.62. The zero-order chi connectivity index (χ0) is 25.8. The van der Waals surface area contributed by atoms with Gasteiger partial charge in [-0.25, -0.2) is 8.42 Å². The number of rotatable bonds is 8. The van der Waals surface area contributed by atoms with Gasteiger partial charge in [-0.05, 0) is 47.7 Å². The molecule has 3 aromatic rings. The first kappa shape index (κ1) is 25.9. The van der Waals surface area contributed by atoms with Crippen molar-refractivity contribution in [1.29, 1.82) is 0 Å². The maximum atomic E-state index is 13.4. The van der Waals surface area contributed by atoms with Crippen molar-refractivity contribution >= 4 is 27.3 Å². The van der Waals surface area contributed by atoms with Crippen LogP contribution in [0.1, 0.15) is 44.9 Å². The van der Waals surface area contributed by atoms with Crippen molar-refractivity contribution in [2.24, 2.45) is 0 Å². The molecule has 0 radical (unpaired) electrons. The van der Waals surface area contributed by atoms with E-state index in [1.54, 1.807) is 18.2 Å². The standard InChI is InChI=1S/C26H29N3O5S/c1-19(20-10-12-21(13-11-20)26(2,3)4)27-25(30)18-28(22-14-16-23(17-15-22)29(31)32)35(33,34)24-8-6-5-7-9-24/h5-17,19H,18H2,1-4H3,(H,27,30)/t19-/m1/s1. The molecule has 35 heavy (non-hydrogen) atoms. The molecular weight excluding hydrogens is 466 g/mol. The number of benzene rings is 3. The number of carbonyl (C=O) groups is 1. The van der Waals surface area contributed by atoms with Gasteiger partial charge in [0, 0.05) is 12.1 Å². The molecule has 0 fully saturated rings. The van der Waals surface area contributed by atoms with Gasteiger partial charge in [0.05, 0.1) is 21.5 Å². The van der Waals surface area contributed by atoms with E-state index in [0.29, 0.717) is 0 Å². The van der Waals surface area contributed by atoms with Gasteiger partial charge in [-0.1, -0.05) is 63.2 Å². The first-order chi connectivity index (χ1) is 16.4. The Morgan fingerprint density at radius 2 is 1.54 bits per heavy atom. The van der Waals surface area contributed by atoms with Crippen LogP contribution < -0.4 is 9.62 Å². The van der Waals surface area contributed by atoms with E-state index < -0.39 is 27.4 Å². The topological polar surface area (TPSA) is 110 Å². The highest BCUT2D eigenvalue weighted by Crippen LogP contribution is 2.27. The number of carbonyl (C=O) groups excluding carboxylic acids is 1. The van der Waals surface area contributed by atoms with E-state index >= 15 is 0 Å². The highest BCUT2D eigenvalue weighted by Gasteiger charge is 2.28. The highest BCUT2D eigenvalue weighted by atomic mass is 32.2. The van der Waals surface area contributed by atoms with Gasteiger partial charge in [0.1, 0.15) is 6.54 Å². The third-order valence-corrected chi connectivity index (χ3v) is 7.41. The van der Waals surface area contributed by atoms with Gasteiger partial charge in [-0.3, -0.25) is 19.2 Å². The zero-order valence-corrected chi connectivity index (χ0v) is 21.0. The largest absolute Gasteiger partial charge is 0.348 e. The number of sulfonamides is 1. The third kappa shape index (κ3) is 6.24. The van der Waals surface area contributed by atoms with E-state index in [9.17, 15) is 23.3 Å². The Hall–Kier alpha value is -3.72. The Bertz CT molecular complexity index is 1280. The minimum absolute atomic E-state index is 0.00206. The van der Waals surface area contributed by atoms with Gasteiger partial charge >= 0.3 is 0 Å². The SMILES string of the molecule is C[C@@H](NC(=O)CN(c1ccc([N+](=O)[O-])cc1)S(=O)(=O)c1ccccc1)c1ccc(C(C)(C)C)cc1. The minimum atomic E-state index is -4.10. The molecule has 184 valence electrons. The summed E-state index contributed by atoms with van der Waals surface area (Å²) in [5.74, 6) is -0.504. The summed E-state index contributed by atoms with van der Waals surface area (Å²) in [6, 6.07) is 20.4. The number of nitro benzene ring substituents is 1. The van der Waals surface area contributed by atoms with Crippen LogP contribution in [0.25, 0.3) is 0 Å². The Balaban J connectivity index is 1.85. The molecule has 0 saturated carbocycles. The first-order valence-corrected chi connectivity index (χ1v) is 12.6. The van der Waals surface area contributed by atoms with Crippen molar-refractivity contribution in [2.45, 2.75) is 44.0 Å². The lowest BCUT2D eigenvalue weighted by molar-refractivity contribution is -0.384. The molecule has 0 saturated heterocycles. The van der Waals surface area contributed by atoms with Crippen molar-refractivity contribution in [1.82, 2.24) is 5.32 Å². The Labute approximate surface area is 205 Å². The molecular formula is C26H29N3O5S. The number of nitro groups is 1. The Kier molecular flexibility index (Phi) is 7.60. The molecule has 3 rings (SSSR count). The van der Waals surface area contributed by atoms with E-state index in [-0.39, 0.29) is 27.7 Å². The second-order valence-corrected chi connectivity index (χ2v) is 11.1. The van der Waals surface area contributed by atoms with Crippen molar-refractivity contribution in [3.8, 4) is 0 Å². The fraction of sp³-hybridized carbons (Fsp3) is 0.269. The average Bonchev–Trinajstić information content (AvgIpc) is 2.82. The molecule has 3 aromatic carbocycles. The van der Waals surface area contributed by atoms with Crippen molar-refractivity contribution < 1.29 is 18.1 Å². The monoisotopic (exact) mass is 495 g/mol. The van der Waals surface area contributed by atoms with Gasteiger partial charge in [-0.15, -0.1) is 0 Å². The van der Waals surface area contributed by atoms with Crippen LogP contribution in [0.4, 0.5) is 11.4 Å².